The summed E-state index contributed by atoms with van der Waals surface area (Å²) in [6.07, 6.45) is 1.04. The number of aliphatic hydroxyl groups is 1. The average Bonchev–Trinajstić information content (AvgIpc) is 2.56. The second-order valence-corrected chi connectivity index (χ2v) is 5.69. The van der Waals surface area contributed by atoms with Gasteiger partial charge in [-0.3, -0.25) is 4.79 Å². The molecule has 0 radical (unpaired) electrons. The Kier molecular flexibility index (Phi) is 5.98. The van der Waals surface area contributed by atoms with Crippen LogP contribution in [0.25, 0.3) is 11.0 Å². The van der Waals surface area contributed by atoms with E-state index in [0.29, 0.717) is 36.3 Å². The summed E-state index contributed by atoms with van der Waals surface area (Å²) >= 11 is 0. The van der Waals surface area contributed by atoms with Gasteiger partial charge >= 0.3 is 5.63 Å². The number of hydrogen-bond donors (Lipinski definition) is 2. The molecule has 1 aromatic carbocycles. The number of amides is 1. The summed E-state index contributed by atoms with van der Waals surface area (Å²) in [4.78, 5) is 24.1. The van der Waals surface area contributed by atoms with Gasteiger partial charge in [0, 0.05) is 36.1 Å². The van der Waals surface area contributed by atoms with Crippen LogP contribution in [0.2, 0.25) is 0 Å². The summed E-state index contributed by atoms with van der Waals surface area (Å²) in [7, 11) is 1.57. The molecule has 6 heteroatoms. The van der Waals surface area contributed by atoms with Gasteiger partial charge in [0.05, 0.1) is 7.11 Å². The van der Waals surface area contributed by atoms with Crippen molar-refractivity contribution in [1.29, 1.82) is 0 Å². The Balaban J connectivity index is 2.26. The standard InChI is InChI=1S/C18H23NO5/c1-11-13-5-7-15(23-3)12(2)17(13)24-18(22)14(11)6-8-16(21)19-9-4-10-20/h5,7,20H,4,6,8-10H2,1-3H3,(H,19,21). The second kappa shape index (κ2) is 7.97. The second-order valence-electron chi connectivity index (χ2n) is 5.69. The summed E-state index contributed by atoms with van der Waals surface area (Å²) in [5.41, 5.74) is 2.23. The number of carbonyl (C=O) groups excluding carboxylic acids is 1. The van der Waals surface area contributed by atoms with Crippen LogP contribution < -0.4 is 15.7 Å². The minimum Gasteiger partial charge on any atom is -0.496 e. The van der Waals surface area contributed by atoms with Crippen molar-refractivity contribution >= 4 is 16.9 Å². The smallest absolute Gasteiger partial charge is 0.339 e. The summed E-state index contributed by atoms with van der Waals surface area (Å²) in [5.74, 6) is 0.523. The highest BCUT2D eigenvalue weighted by Crippen LogP contribution is 2.29. The van der Waals surface area contributed by atoms with Crippen LogP contribution in [0, 0.1) is 13.8 Å². The SMILES string of the molecule is COc1ccc2c(C)c(CCC(=O)NCCCO)c(=O)oc2c1C. The van der Waals surface area contributed by atoms with E-state index >= 15 is 0 Å². The van der Waals surface area contributed by atoms with Crippen LogP contribution in [0.4, 0.5) is 0 Å². The zero-order chi connectivity index (χ0) is 17.7. The number of hydrogen-bond acceptors (Lipinski definition) is 5. The van der Waals surface area contributed by atoms with E-state index in [4.69, 9.17) is 14.3 Å². The maximum atomic E-state index is 12.3. The van der Waals surface area contributed by atoms with Crippen LogP contribution in [-0.4, -0.2) is 31.3 Å². The molecule has 0 fully saturated rings. The number of methoxy groups -OCH3 is 1. The Morgan fingerprint density at radius 3 is 2.71 bits per heavy atom. The minimum atomic E-state index is -0.417. The minimum absolute atomic E-state index is 0.0382. The van der Waals surface area contributed by atoms with Crippen molar-refractivity contribution in [3.8, 4) is 5.75 Å². The lowest BCUT2D eigenvalue weighted by Crippen LogP contribution is -2.26. The Labute approximate surface area is 140 Å². The third-order valence-corrected chi connectivity index (χ3v) is 4.13. The molecule has 0 aliphatic heterocycles. The number of nitrogens with one attached hydrogen (secondary N) is 1. The van der Waals surface area contributed by atoms with E-state index in [2.05, 4.69) is 5.32 Å². The third kappa shape index (κ3) is 3.76. The monoisotopic (exact) mass is 333 g/mol. The molecule has 0 spiro atoms. The predicted molar refractivity (Wildman–Crippen MR) is 91.5 cm³/mol. The molecule has 0 saturated heterocycles. The highest BCUT2D eigenvalue weighted by molar-refractivity contribution is 5.85. The summed E-state index contributed by atoms with van der Waals surface area (Å²) < 4.78 is 10.7. The van der Waals surface area contributed by atoms with Gasteiger partial charge in [-0.1, -0.05) is 0 Å². The van der Waals surface area contributed by atoms with Gasteiger partial charge in [0.1, 0.15) is 11.3 Å². The molecule has 2 rings (SSSR count). The number of carbonyl (C=O) groups is 1. The lowest BCUT2D eigenvalue weighted by Gasteiger charge is -2.11. The maximum absolute atomic E-state index is 12.3. The Morgan fingerprint density at radius 2 is 2.04 bits per heavy atom. The fourth-order valence-electron chi connectivity index (χ4n) is 2.71. The third-order valence-electron chi connectivity index (χ3n) is 4.13. The summed E-state index contributed by atoms with van der Waals surface area (Å²) in [6.45, 7) is 4.18. The molecule has 0 unspecified atom stereocenters. The van der Waals surface area contributed by atoms with Crippen molar-refractivity contribution in [3.63, 3.8) is 0 Å². The molecule has 24 heavy (non-hydrogen) atoms. The van der Waals surface area contributed by atoms with E-state index in [9.17, 15) is 9.59 Å². The van der Waals surface area contributed by atoms with Gasteiger partial charge in [0.15, 0.2) is 0 Å². The average molecular weight is 333 g/mol. The molecule has 0 saturated carbocycles. The molecule has 0 atom stereocenters. The van der Waals surface area contributed by atoms with E-state index in [0.717, 1.165) is 16.5 Å². The molecule has 0 aliphatic rings. The molecule has 0 bridgehead atoms. The van der Waals surface area contributed by atoms with Crippen LogP contribution in [0.15, 0.2) is 21.3 Å². The molecule has 2 aromatic rings. The number of aryl methyl sites for hydroxylation is 2. The molecular formula is C18H23NO5. The van der Waals surface area contributed by atoms with E-state index in [1.54, 1.807) is 7.11 Å². The van der Waals surface area contributed by atoms with E-state index in [1.165, 1.54) is 0 Å². The Morgan fingerprint density at radius 1 is 1.29 bits per heavy atom. The van der Waals surface area contributed by atoms with Gasteiger partial charge in [-0.2, -0.15) is 0 Å². The molecule has 1 aromatic heterocycles. The van der Waals surface area contributed by atoms with Crippen molar-refractivity contribution in [2.75, 3.05) is 20.3 Å². The summed E-state index contributed by atoms with van der Waals surface area (Å²) in [5, 5.41) is 12.3. The maximum Gasteiger partial charge on any atom is 0.339 e. The number of rotatable bonds is 7. The highest BCUT2D eigenvalue weighted by atomic mass is 16.5. The first kappa shape index (κ1) is 18.0. The van der Waals surface area contributed by atoms with Crippen molar-refractivity contribution in [1.82, 2.24) is 5.32 Å². The molecule has 130 valence electrons. The van der Waals surface area contributed by atoms with E-state index in [1.807, 2.05) is 26.0 Å². The lowest BCUT2D eigenvalue weighted by atomic mass is 10.0. The number of fused-ring (bicyclic) bond motifs is 1. The molecule has 0 aliphatic carbocycles. The van der Waals surface area contributed by atoms with Crippen LogP contribution in [0.5, 0.6) is 5.75 Å². The largest absolute Gasteiger partial charge is 0.496 e. The van der Waals surface area contributed by atoms with Crippen LogP contribution in [-0.2, 0) is 11.2 Å². The van der Waals surface area contributed by atoms with E-state index < -0.39 is 5.63 Å². The number of benzene rings is 1. The first-order valence-electron chi connectivity index (χ1n) is 7.97. The number of aliphatic hydroxyl groups excluding tert-OH is 1. The van der Waals surface area contributed by atoms with Crippen LogP contribution >= 0.6 is 0 Å². The van der Waals surface area contributed by atoms with Crippen molar-refractivity contribution < 1.29 is 19.1 Å². The predicted octanol–water partition coefficient (Wildman–Crippen LogP) is 1.85. The zero-order valence-corrected chi connectivity index (χ0v) is 14.3. The fraction of sp³-hybridized carbons (Fsp3) is 0.444. The fourth-order valence-corrected chi connectivity index (χ4v) is 2.71. The molecule has 6 nitrogen and oxygen atoms in total. The van der Waals surface area contributed by atoms with Crippen molar-refractivity contribution in [3.05, 3.63) is 39.2 Å². The molecule has 1 heterocycles. The normalized spacial score (nSPS) is 10.8. The Bertz CT molecular complexity index is 794. The van der Waals surface area contributed by atoms with Gasteiger partial charge in [-0.15, -0.1) is 0 Å². The van der Waals surface area contributed by atoms with Gasteiger partial charge in [0.25, 0.3) is 0 Å². The first-order valence-corrected chi connectivity index (χ1v) is 7.97. The van der Waals surface area contributed by atoms with Crippen molar-refractivity contribution in [2.24, 2.45) is 0 Å². The zero-order valence-electron chi connectivity index (χ0n) is 14.3. The molecule has 2 N–H and O–H groups in total. The highest BCUT2D eigenvalue weighted by Gasteiger charge is 2.15. The first-order chi connectivity index (χ1) is 11.5. The van der Waals surface area contributed by atoms with Crippen LogP contribution in [0.3, 0.4) is 0 Å². The molecule has 1 amide bonds. The van der Waals surface area contributed by atoms with E-state index in [-0.39, 0.29) is 18.9 Å². The van der Waals surface area contributed by atoms with Gasteiger partial charge in [-0.05, 0) is 44.4 Å². The topological polar surface area (TPSA) is 88.8 Å². The molecular weight excluding hydrogens is 310 g/mol. The van der Waals surface area contributed by atoms with Gasteiger partial charge in [0.2, 0.25) is 5.91 Å². The number of ether oxygens (including phenoxy) is 1. The Hall–Kier alpha value is -2.34. The quantitative estimate of drug-likeness (QED) is 0.596. The van der Waals surface area contributed by atoms with Crippen LogP contribution in [0.1, 0.15) is 29.5 Å². The van der Waals surface area contributed by atoms with Gasteiger partial charge in [-0.25, -0.2) is 4.79 Å². The lowest BCUT2D eigenvalue weighted by molar-refractivity contribution is -0.121. The van der Waals surface area contributed by atoms with Crippen molar-refractivity contribution in [2.45, 2.75) is 33.1 Å². The summed E-state index contributed by atoms with van der Waals surface area (Å²) in [6, 6.07) is 3.71. The van der Waals surface area contributed by atoms with Gasteiger partial charge < -0.3 is 19.6 Å².